The Morgan fingerprint density at radius 2 is 2.00 bits per heavy atom. The Balaban J connectivity index is 3.01. The summed E-state index contributed by atoms with van der Waals surface area (Å²) in [4.78, 5) is 10.5. The molecule has 1 rings (SSSR count). The average molecular weight is 196 g/mol. The van der Waals surface area contributed by atoms with Crippen molar-refractivity contribution >= 4 is 24.0 Å². The molecule has 0 saturated carbocycles. The van der Waals surface area contributed by atoms with Gasteiger partial charge in [-0.3, -0.25) is 4.79 Å². The summed E-state index contributed by atoms with van der Waals surface area (Å²) in [6, 6.07) is 5.15. The molecule has 0 radical (unpaired) electrons. The number of hydrogen-bond acceptors (Lipinski definition) is 2. The van der Waals surface area contributed by atoms with Crippen LogP contribution in [0, 0.1) is 0 Å². The van der Waals surface area contributed by atoms with Crippen LogP contribution in [0.4, 0.5) is 0 Å². The second-order valence-corrected chi connectivity index (χ2v) is 3.01. The predicted octanol–water partition coefficient (Wildman–Crippen LogP) is 2.12. The third-order valence-electron chi connectivity index (χ3n) is 1.52. The number of aldehydes is 1. The van der Waals surface area contributed by atoms with E-state index in [0.29, 0.717) is 17.1 Å². The molecule has 0 aliphatic rings. The lowest BCUT2D eigenvalue weighted by molar-refractivity contribution is 0.112. The molecule has 1 aromatic carbocycles. The van der Waals surface area contributed by atoms with E-state index in [1.165, 1.54) is 0 Å². The molecule has 2 nitrogen and oxygen atoms in total. The van der Waals surface area contributed by atoms with Crippen molar-refractivity contribution in [3.8, 4) is 0 Å². The number of hydrogen-bond donors (Lipinski definition) is 1. The lowest BCUT2D eigenvalue weighted by Crippen LogP contribution is -1.92. The fourth-order valence-corrected chi connectivity index (χ4v) is 1.26. The second kappa shape index (κ2) is 4.80. The monoisotopic (exact) mass is 195 g/mol. The van der Waals surface area contributed by atoms with Crippen molar-refractivity contribution in [2.45, 2.75) is 0 Å². The van der Waals surface area contributed by atoms with Gasteiger partial charge in [-0.15, -0.1) is 0 Å². The van der Waals surface area contributed by atoms with Crippen LogP contribution < -0.4 is 5.73 Å². The number of halogens is 1. The maximum absolute atomic E-state index is 10.5. The lowest BCUT2D eigenvalue weighted by atomic mass is 10.1. The summed E-state index contributed by atoms with van der Waals surface area (Å²) in [5, 5.41) is 0.557. The Labute approximate surface area is 82.0 Å². The third-order valence-corrected chi connectivity index (χ3v) is 1.74. The van der Waals surface area contributed by atoms with Crippen molar-refractivity contribution in [3.63, 3.8) is 0 Å². The Bertz CT molecular complexity index is 334. The summed E-state index contributed by atoms with van der Waals surface area (Å²) in [6.45, 7) is 0.475. The summed E-state index contributed by atoms with van der Waals surface area (Å²) in [6.07, 6.45) is 4.41. The summed E-state index contributed by atoms with van der Waals surface area (Å²) >= 11 is 5.78. The molecule has 0 unspecified atom stereocenters. The van der Waals surface area contributed by atoms with Crippen LogP contribution in [0.2, 0.25) is 5.02 Å². The molecule has 68 valence electrons. The molecule has 0 heterocycles. The summed E-state index contributed by atoms with van der Waals surface area (Å²) in [7, 11) is 0. The zero-order chi connectivity index (χ0) is 9.68. The van der Waals surface area contributed by atoms with Crippen molar-refractivity contribution in [1.29, 1.82) is 0 Å². The van der Waals surface area contributed by atoms with Crippen LogP contribution in [-0.2, 0) is 0 Å². The predicted molar refractivity (Wildman–Crippen MR) is 54.9 cm³/mol. The van der Waals surface area contributed by atoms with Gasteiger partial charge in [0.2, 0.25) is 0 Å². The van der Waals surface area contributed by atoms with Gasteiger partial charge in [-0.25, -0.2) is 0 Å². The van der Waals surface area contributed by atoms with Gasteiger partial charge < -0.3 is 5.73 Å². The van der Waals surface area contributed by atoms with Crippen LogP contribution in [0.15, 0.2) is 24.3 Å². The fourth-order valence-electron chi connectivity index (χ4n) is 1.00. The largest absolute Gasteiger partial charge is 0.327 e. The molecule has 0 bridgehead atoms. The van der Waals surface area contributed by atoms with Crippen molar-refractivity contribution in [2.75, 3.05) is 6.54 Å². The van der Waals surface area contributed by atoms with Crippen LogP contribution >= 0.6 is 11.6 Å². The first-order valence-corrected chi connectivity index (χ1v) is 4.26. The van der Waals surface area contributed by atoms with Gasteiger partial charge >= 0.3 is 0 Å². The van der Waals surface area contributed by atoms with E-state index in [2.05, 4.69) is 0 Å². The highest BCUT2D eigenvalue weighted by Gasteiger charge is 1.95. The molecular weight excluding hydrogens is 186 g/mol. The van der Waals surface area contributed by atoms with Crippen LogP contribution in [-0.4, -0.2) is 12.8 Å². The number of carbonyl (C=O) groups excluding carboxylic acids is 1. The van der Waals surface area contributed by atoms with Gasteiger partial charge in [-0.05, 0) is 23.8 Å². The van der Waals surface area contributed by atoms with E-state index < -0.39 is 0 Å². The SMILES string of the molecule is NCC=Cc1cc(Cl)cc(C=O)c1. The zero-order valence-electron chi connectivity index (χ0n) is 7.03. The lowest BCUT2D eigenvalue weighted by Gasteiger charge is -1.96. The van der Waals surface area contributed by atoms with Crippen molar-refractivity contribution < 1.29 is 4.79 Å². The van der Waals surface area contributed by atoms with E-state index in [1.54, 1.807) is 24.3 Å². The molecule has 0 aromatic heterocycles. The molecule has 3 heteroatoms. The molecule has 0 aliphatic carbocycles. The summed E-state index contributed by atoms with van der Waals surface area (Å²) < 4.78 is 0. The molecule has 0 fully saturated rings. The number of carbonyl (C=O) groups is 1. The molecule has 2 N–H and O–H groups in total. The van der Waals surface area contributed by atoms with E-state index in [4.69, 9.17) is 17.3 Å². The highest BCUT2D eigenvalue weighted by molar-refractivity contribution is 6.31. The van der Waals surface area contributed by atoms with E-state index >= 15 is 0 Å². The van der Waals surface area contributed by atoms with Gasteiger partial charge in [-0.1, -0.05) is 23.8 Å². The topological polar surface area (TPSA) is 43.1 Å². The third kappa shape index (κ3) is 3.01. The Morgan fingerprint density at radius 3 is 2.62 bits per heavy atom. The summed E-state index contributed by atoms with van der Waals surface area (Å²) in [5.74, 6) is 0. The van der Waals surface area contributed by atoms with Gasteiger partial charge in [0.15, 0.2) is 0 Å². The molecule has 0 amide bonds. The van der Waals surface area contributed by atoms with Crippen molar-refractivity contribution in [2.24, 2.45) is 5.73 Å². The van der Waals surface area contributed by atoms with E-state index in [9.17, 15) is 4.79 Å². The van der Waals surface area contributed by atoms with Gasteiger partial charge in [0.25, 0.3) is 0 Å². The highest BCUT2D eigenvalue weighted by atomic mass is 35.5. The first-order valence-electron chi connectivity index (χ1n) is 3.88. The standard InChI is InChI=1S/C10H10ClNO/c11-10-5-8(2-1-3-12)4-9(6-10)7-13/h1-2,4-7H,3,12H2. The molecule has 1 aromatic rings. The quantitative estimate of drug-likeness (QED) is 0.751. The van der Waals surface area contributed by atoms with Crippen LogP contribution in [0.1, 0.15) is 15.9 Å². The van der Waals surface area contributed by atoms with Crippen molar-refractivity contribution in [1.82, 2.24) is 0 Å². The first kappa shape index (κ1) is 9.96. The first-order chi connectivity index (χ1) is 6.26. The van der Waals surface area contributed by atoms with Crippen LogP contribution in [0.5, 0.6) is 0 Å². The normalized spacial score (nSPS) is 10.6. The molecule has 0 aliphatic heterocycles. The van der Waals surface area contributed by atoms with Gasteiger partial charge in [0.05, 0.1) is 0 Å². The Hall–Kier alpha value is -1.12. The molecule has 0 spiro atoms. The average Bonchev–Trinajstić information content (AvgIpc) is 2.14. The Morgan fingerprint density at radius 1 is 1.31 bits per heavy atom. The van der Waals surface area contributed by atoms with Crippen LogP contribution in [0.3, 0.4) is 0 Å². The summed E-state index contributed by atoms with van der Waals surface area (Å²) in [5.41, 5.74) is 6.76. The number of rotatable bonds is 3. The fraction of sp³-hybridized carbons (Fsp3) is 0.100. The smallest absolute Gasteiger partial charge is 0.150 e. The van der Waals surface area contributed by atoms with Gasteiger partial charge in [0, 0.05) is 17.1 Å². The van der Waals surface area contributed by atoms with E-state index in [0.717, 1.165) is 11.8 Å². The molecule has 0 saturated heterocycles. The molecular formula is C10H10ClNO. The minimum atomic E-state index is 0.475. The van der Waals surface area contributed by atoms with E-state index in [-0.39, 0.29) is 0 Å². The van der Waals surface area contributed by atoms with Gasteiger partial charge in [0.1, 0.15) is 6.29 Å². The maximum atomic E-state index is 10.5. The van der Waals surface area contributed by atoms with Crippen molar-refractivity contribution in [3.05, 3.63) is 40.4 Å². The van der Waals surface area contributed by atoms with Gasteiger partial charge in [-0.2, -0.15) is 0 Å². The maximum Gasteiger partial charge on any atom is 0.150 e. The minimum Gasteiger partial charge on any atom is -0.327 e. The molecule has 0 atom stereocenters. The second-order valence-electron chi connectivity index (χ2n) is 2.57. The zero-order valence-corrected chi connectivity index (χ0v) is 7.79. The van der Waals surface area contributed by atoms with E-state index in [1.807, 2.05) is 6.08 Å². The van der Waals surface area contributed by atoms with Crippen LogP contribution in [0.25, 0.3) is 6.08 Å². The minimum absolute atomic E-state index is 0.475. The highest BCUT2D eigenvalue weighted by Crippen LogP contribution is 2.14. The Kier molecular flexibility index (Phi) is 3.68. The number of nitrogens with two attached hydrogens (primary N) is 1. The molecule has 13 heavy (non-hydrogen) atoms. The number of benzene rings is 1.